The van der Waals surface area contributed by atoms with Gasteiger partial charge in [-0.1, -0.05) is 32.0 Å². The summed E-state index contributed by atoms with van der Waals surface area (Å²) in [5.41, 5.74) is -0.206. The summed E-state index contributed by atoms with van der Waals surface area (Å²) in [7, 11) is 1.39. The number of amides is 1. The van der Waals surface area contributed by atoms with Gasteiger partial charge in [0.15, 0.2) is 0 Å². The third-order valence-corrected chi connectivity index (χ3v) is 4.45. The maximum absolute atomic E-state index is 12.7. The van der Waals surface area contributed by atoms with Crippen LogP contribution in [0.3, 0.4) is 0 Å². The van der Waals surface area contributed by atoms with Crippen molar-refractivity contribution in [2.75, 3.05) is 25.1 Å². The monoisotopic (exact) mass is 340 g/mol. The zero-order valence-corrected chi connectivity index (χ0v) is 14.7. The average molecular weight is 341 g/mol. The standard InChI is InChI=1S/C17H24N2O3.ClH/c1-4-15(20)19(14-8-6-5-7-9-14)17(16(21)22-3)10-11-18-12-13(17)2;/h5-9,13,18H,4,10-12H2,1-3H3;1H/t13-,17+;/m1./s1. The van der Waals surface area contributed by atoms with Crippen molar-refractivity contribution in [3.63, 3.8) is 0 Å². The van der Waals surface area contributed by atoms with Crippen LogP contribution in [0, 0.1) is 5.92 Å². The minimum atomic E-state index is -0.950. The Labute approximate surface area is 143 Å². The number of hydrogen-bond donors (Lipinski definition) is 1. The first-order chi connectivity index (χ1) is 10.6. The van der Waals surface area contributed by atoms with Crippen LogP contribution < -0.4 is 10.2 Å². The Bertz CT molecular complexity index is 538. The second-order valence-electron chi connectivity index (χ2n) is 5.69. The molecule has 1 aliphatic heterocycles. The van der Waals surface area contributed by atoms with Crippen molar-refractivity contribution < 1.29 is 14.3 Å². The lowest BCUT2D eigenvalue weighted by atomic mass is 9.77. The molecule has 0 radical (unpaired) electrons. The predicted molar refractivity (Wildman–Crippen MR) is 92.9 cm³/mol. The molecule has 0 aliphatic carbocycles. The maximum Gasteiger partial charge on any atom is 0.332 e. The van der Waals surface area contributed by atoms with E-state index < -0.39 is 5.54 Å². The van der Waals surface area contributed by atoms with Crippen LogP contribution >= 0.6 is 12.4 Å². The van der Waals surface area contributed by atoms with E-state index in [1.54, 1.807) is 4.90 Å². The summed E-state index contributed by atoms with van der Waals surface area (Å²) in [5, 5.41) is 3.29. The maximum atomic E-state index is 12.7. The molecule has 1 saturated heterocycles. The van der Waals surface area contributed by atoms with Crippen molar-refractivity contribution in [3.05, 3.63) is 30.3 Å². The van der Waals surface area contributed by atoms with E-state index in [4.69, 9.17) is 4.74 Å². The number of para-hydroxylation sites is 1. The summed E-state index contributed by atoms with van der Waals surface area (Å²) in [5.74, 6) is -0.443. The van der Waals surface area contributed by atoms with Crippen LogP contribution in [0.4, 0.5) is 5.69 Å². The number of halogens is 1. The number of nitrogens with zero attached hydrogens (tertiary/aromatic N) is 1. The fraction of sp³-hybridized carbons (Fsp3) is 0.529. The zero-order chi connectivity index (χ0) is 16.2. The van der Waals surface area contributed by atoms with Crippen molar-refractivity contribution in [1.29, 1.82) is 0 Å². The third kappa shape index (κ3) is 3.51. The smallest absolute Gasteiger partial charge is 0.332 e. The van der Waals surface area contributed by atoms with Gasteiger partial charge in [-0.2, -0.15) is 0 Å². The molecule has 0 aromatic heterocycles. The molecule has 23 heavy (non-hydrogen) atoms. The summed E-state index contributed by atoms with van der Waals surface area (Å²) >= 11 is 0. The fourth-order valence-corrected chi connectivity index (χ4v) is 3.25. The molecule has 1 fully saturated rings. The Kier molecular flexibility index (Phi) is 7.03. The molecule has 6 heteroatoms. The van der Waals surface area contributed by atoms with Crippen LogP contribution in [-0.4, -0.2) is 37.6 Å². The molecule has 2 atom stereocenters. The highest BCUT2D eigenvalue weighted by atomic mass is 35.5. The highest BCUT2D eigenvalue weighted by Crippen LogP contribution is 2.36. The van der Waals surface area contributed by atoms with Crippen molar-refractivity contribution in [1.82, 2.24) is 5.32 Å². The van der Waals surface area contributed by atoms with E-state index >= 15 is 0 Å². The Morgan fingerprint density at radius 1 is 1.35 bits per heavy atom. The molecule has 1 aromatic carbocycles. The lowest BCUT2D eigenvalue weighted by molar-refractivity contribution is -0.152. The number of methoxy groups -OCH3 is 1. The third-order valence-electron chi connectivity index (χ3n) is 4.45. The molecule has 1 aliphatic rings. The molecule has 2 rings (SSSR count). The van der Waals surface area contributed by atoms with Crippen molar-refractivity contribution in [2.24, 2.45) is 5.92 Å². The van der Waals surface area contributed by atoms with E-state index in [0.717, 1.165) is 5.69 Å². The number of piperidine rings is 1. The number of ether oxygens (including phenoxy) is 1. The van der Waals surface area contributed by atoms with E-state index in [9.17, 15) is 9.59 Å². The van der Waals surface area contributed by atoms with Crippen molar-refractivity contribution >= 4 is 30.0 Å². The molecule has 0 bridgehead atoms. The molecule has 0 unspecified atom stereocenters. The first kappa shape index (κ1) is 19.5. The molecular weight excluding hydrogens is 316 g/mol. The fourth-order valence-electron chi connectivity index (χ4n) is 3.25. The molecule has 1 heterocycles. The highest BCUT2D eigenvalue weighted by Gasteiger charge is 2.52. The van der Waals surface area contributed by atoms with E-state index in [0.29, 0.717) is 25.9 Å². The van der Waals surface area contributed by atoms with Crippen LogP contribution in [-0.2, 0) is 14.3 Å². The van der Waals surface area contributed by atoms with Crippen LogP contribution in [0.5, 0.6) is 0 Å². The molecule has 128 valence electrons. The molecule has 1 aromatic rings. The normalized spacial score (nSPS) is 23.5. The zero-order valence-electron chi connectivity index (χ0n) is 13.9. The summed E-state index contributed by atoms with van der Waals surface area (Å²) in [6.07, 6.45) is 0.884. The quantitative estimate of drug-likeness (QED) is 0.855. The van der Waals surface area contributed by atoms with E-state index in [1.165, 1.54) is 7.11 Å². The first-order valence-corrected chi connectivity index (χ1v) is 7.75. The Hall–Kier alpha value is -1.59. The van der Waals surface area contributed by atoms with E-state index in [1.807, 2.05) is 44.2 Å². The van der Waals surface area contributed by atoms with Gasteiger partial charge in [-0.15, -0.1) is 12.4 Å². The van der Waals surface area contributed by atoms with Gasteiger partial charge in [-0.05, 0) is 25.1 Å². The molecular formula is C17H25ClN2O3. The number of carbonyl (C=O) groups excluding carboxylic acids is 2. The second kappa shape index (κ2) is 8.31. The van der Waals surface area contributed by atoms with Crippen LogP contribution in [0.25, 0.3) is 0 Å². The largest absolute Gasteiger partial charge is 0.467 e. The first-order valence-electron chi connectivity index (χ1n) is 7.75. The van der Waals surface area contributed by atoms with Gasteiger partial charge in [-0.3, -0.25) is 9.69 Å². The van der Waals surface area contributed by atoms with E-state index in [2.05, 4.69) is 5.32 Å². The summed E-state index contributed by atoms with van der Waals surface area (Å²) in [6, 6.07) is 9.39. The summed E-state index contributed by atoms with van der Waals surface area (Å²) in [4.78, 5) is 27.0. The van der Waals surface area contributed by atoms with Crippen molar-refractivity contribution in [2.45, 2.75) is 32.2 Å². The topological polar surface area (TPSA) is 58.6 Å². The predicted octanol–water partition coefficient (Wildman–Crippen LogP) is 2.39. The van der Waals surface area contributed by atoms with Gasteiger partial charge in [-0.25, -0.2) is 4.79 Å². The second-order valence-corrected chi connectivity index (χ2v) is 5.69. The number of hydrogen-bond acceptors (Lipinski definition) is 4. The minimum Gasteiger partial charge on any atom is -0.467 e. The number of rotatable bonds is 4. The number of anilines is 1. The molecule has 5 nitrogen and oxygen atoms in total. The van der Waals surface area contributed by atoms with Crippen LogP contribution in [0.2, 0.25) is 0 Å². The summed E-state index contributed by atoms with van der Waals surface area (Å²) < 4.78 is 5.10. The lowest BCUT2D eigenvalue weighted by Gasteiger charge is -2.48. The summed E-state index contributed by atoms with van der Waals surface area (Å²) in [6.45, 7) is 5.16. The van der Waals surface area contributed by atoms with E-state index in [-0.39, 0.29) is 30.2 Å². The lowest BCUT2D eigenvalue weighted by Crippen LogP contribution is -2.66. The van der Waals surface area contributed by atoms with Crippen LogP contribution in [0.15, 0.2) is 30.3 Å². The molecule has 0 spiro atoms. The van der Waals surface area contributed by atoms with Gasteiger partial charge in [0.25, 0.3) is 0 Å². The average Bonchev–Trinajstić information content (AvgIpc) is 2.56. The van der Waals surface area contributed by atoms with Crippen molar-refractivity contribution in [3.8, 4) is 0 Å². The van der Waals surface area contributed by atoms with Gasteiger partial charge in [0.05, 0.1) is 7.11 Å². The Morgan fingerprint density at radius 3 is 2.52 bits per heavy atom. The number of nitrogens with one attached hydrogen (secondary N) is 1. The van der Waals surface area contributed by atoms with Crippen LogP contribution in [0.1, 0.15) is 26.7 Å². The van der Waals surface area contributed by atoms with Gasteiger partial charge in [0.2, 0.25) is 5.91 Å². The number of esters is 1. The van der Waals surface area contributed by atoms with Gasteiger partial charge >= 0.3 is 5.97 Å². The molecule has 1 N–H and O–H groups in total. The van der Waals surface area contributed by atoms with Gasteiger partial charge in [0.1, 0.15) is 5.54 Å². The SMILES string of the molecule is CCC(=O)N(c1ccccc1)[C@@]1(C(=O)OC)CCNC[C@H]1C.Cl. The molecule has 1 amide bonds. The highest BCUT2D eigenvalue weighted by molar-refractivity contribution is 6.02. The van der Waals surface area contributed by atoms with Gasteiger partial charge < -0.3 is 10.1 Å². The Morgan fingerprint density at radius 2 is 2.00 bits per heavy atom. The number of carbonyl (C=O) groups is 2. The molecule has 0 saturated carbocycles. The van der Waals surface area contributed by atoms with Gasteiger partial charge in [0, 0.05) is 24.6 Å². The Balaban J connectivity index is 0.00000264. The minimum absolute atomic E-state index is 0. The number of benzene rings is 1.